The number of carbonyl (C=O) groups excluding carboxylic acids is 1. The van der Waals surface area contributed by atoms with E-state index in [-0.39, 0.29) is 5.91 Å². The summed E-state index contributed by atoms with van der Waals surface area (Å²) in [5.74, 6) is 0.879. The monoisotopic (exact) mass is 280 g/mol. The smallest absolute Gasteiger partial charge is 0.260 e. The summed E-state index contributed by atoms with van der Waals surface area (Å²) in [4.78, 5) is 15.8. The van der Waals surface area contributed by atoms with Gasteiger partial charge in [0.15, 0.2) is 0 Å². The van der Waals surface area contributed by atoms with Gasteiger partial charge < -0.3 is 9.73 Å². The molecule has 5 heteroatoms. The third-order valence-electron chi connectivity index (χ3n) is 2.07. The van der Waals surface area contributed by atoms with Gasteiger partial charge in [-0.3, -0.25) is 4.79 Å². The molecule has 2 rings (SSSR count). The molecule has 0 aliphatic carbocycles. The van der Waals surface area contributed by atoms with Gasteiger partial charge in [-0.05, 0) is 41.1 Å². The standard InChI is InChI=1S/C11H9BrN2O2/c1-7-9(4-5-16-7)11(15)14-10-3-2-8(12)6-13-10/h2-6H,1H3,(H,13,14,15). The number of rotatable bonds is 2. The van der Waals surface area contributed by atoms with Crippen LogP contribution in [-0.4, -0.2) is 10.9 Å². The average molecular weight is 281 g/mol. The second-order valence-corrected chi connectivity index (χ2v) is 4.12. The number of hydrogen-bond donors (Lipinski definition) is 1. The van der Waals surface area contributed by atoms with Crippen molar-refractivity contribution in [2.45, 2.75) is 6.92 Å². The van der Waals surface area contributed by atoms with Gasteiger partial charge in [-0.15, -0.1) is 0 Å². The molecule has 0 spiro atoms. The normalized spacial score (nSPS) is 10.1. The van der Waals surface area contributed by atoms with E-state index in [1.165, 1.54) is 6.26 Å². The topological polar surface area (TPSA) is 55.1 Å². The predicted octanol–water partition coefficient (Wildman–Crippen LogP) is 3.00. The highest BCUT2D eigenvalue weighted by molar-refractivity contribution is 9.10. The first-order valence-corrected chi connectivity index (χ1v) is 5.43. The highest BCUT2D eigenvalue weighted by atomic mass is 79.9. The van der Waals surface area contributed by atoms with Crippen LogP contribution in [0, 0.1) is 6.92 Å². The minimum absolute atomic E-state index is 0.221. The summed E-state index contributed by atoms with van der Waals surface area (Å²) in [6, 6.07) is 5.16. The zero-order chi connectivity index (χ0) is 11.5. The molecule has 1 N–H and O–H groups in total. The number of amides is 1. The van der Waals surface area contributed by atoms with Crippen molar-refractivity contribution in [2.24, 2.45) is 0 Å². The minimum atomic E-state index is -0.221. The molecule has 0 aliphatic heterocycles. The van der Waals surface area contributed by atoms with Gasteiger partial charge in [-0.25, -0.2) is 4.98 Å². The quantitative estimate of drug-likeness (QED) is 0.920. The van der Waals surface area contributed by atoms with Gasteiger partial charge in [-0.2, -0.15) is 0 Å². The molecular formula is C11H9BrN2O2. The summed E-state index contributed by atoms with van der Waals surface area (Å²) < 4.78 is 5.92. The van der Waals surface area contributed by atoms with Gasteiger partial charge in [0, 0.05) is 10.7 Å². The third-order valence-corrected chi connectivity index (χ3v) is 2.54. The highest BCUT2D eigenvalue weighted by Crippen LogP contribution is 2.13. The number of nitrogens with one attached hydrogen (secondary N) is 1. The van der Waals surface area contributed by atoms with Crippen molar-refractivity contribution in [3.05, 3.63) is 46.5 Å². The van der Waals surface area contributed by atoms with Crippen molar-refractivity contribution < 1.29 is 9.21 Å². The van der Waals surface area contributed by atoms with E-state index in [9.17, 15) is 4.79 Å². The molecule has 0 radical (unpaired) electrons. The van der Waals surface area contributed by atoms with E-state index in [1.54, 1.807) is 25.3 Å². The average Bonchev–Trinajstić information content (AvgIpc) is 2.68. The number of pyridine rings is 1. The first-order chi connectivity index (χ1) is 7.66. The lowest BCUT2D eigenvalue weighted by Gasteiger charge is -2.02. The van der Waals surface area contributed by atoms with Gasteiger partial charge in [0.1, 0.15) is 11.6 Å². The maximum absolute atomic E-state index is 11.8. The third kappa shape index (κ3) is 2.30. The number of carbonyl (C=O) groups is 1. The summed E-state index contributed by atoms with van der Waals surface area (Å²) in [7, 11) is 0. The summed E-state index contributed by atoms with van der Waals surface area (Å²) in [6.07, 6.45) is 3.11. The molecule has 0 unspecified atom stereocenters. The fourth-order valence-corrected chi connectivity index (χ4v) is 1.49. The molecule has 82 valence electrons. The first-order valence-electron chi connectivity index (χ1n) is 4.64. The highest BCUT2D eigenvalue weighted by Gasteiger charge is 2.11. The molecule has 16 heavy (non-hydrogen) atoms. The van der Waals surface area contributed by atoms with E-state index >= 15 is 0 Å². The van der Waals surface area contributed by atoms with Crippen molar-refractivity contribution >= 4 is 27.7 Å². The Morgan fingerprint density at radius 3 is 2.81 bits per heavy atom. The van der Waals surface area contributed by atoms with Crippen LogP contribution in [0.3, 0.4) is 0 Å². The lowest BCUT2D eigenvalue weighted by Crippen LogP contribution is -2.12. The molecule has 0 saturated carbocycles. The lowest BCUT2D eigenvalue weighted by atomic mass is 10.2. The summed E-state index contributed by atoms with van der Waals surface area (Å²) in [6.45, 7) is 1.74. The Balaban J connectivity index is 2.14. The number of aromatic nitrogens is 1. The van der Waals surface area contributed by atoms with Crippen LogP contribution in [0.15, 0.2) is 39.5 Å². The Hall–Kier alpha value is -1.62. The summed E-state index contributed by atoms with van der Waals surface area (Å²) in [5.41, 5.74) is 0.518. The van der Waals surface area contributed by atoms with Crippen LogP contribution in [-0.2, 0) is 0 Å². The van der Waals surface area contributed by atoms with Crippen molar-refractivity contribution in [1.29, 1.82) is 0 Å². The van der Waals surface area contributed by atoms with Crippen LogP contribution in [0.5, 0.6) is 0 Å². The van der Waals surface area contributed by atoms with Crippen LogP contribution in [0.2, 0.25) is 0 Å². The molecule has 0 atom stereocenters. The van der Waals surface area contributed by atoms with Crippen LogP contribution < -0.4 is 5.32 Å². The van der Waals surface area contributed by atoms with E-state index in [0.717, 1.165) is 4.47 Å². The molecule has 0 aromatic carbocycles. The molecule has 0 aliphatic rings. The maximum Gasteiger partial charge on any atom is 0.260 e. The van der Waals surface area contributed by atoms with E-state index in [4.69, 9.17) is 4.42 Å². The molecule has 4 nitrogen and oxygen atoms in total. The molecule has 2 aromatic rings. The molecule has 2 heterocycles. The largest absolute Gasteiger partial charge is 0.469 e. The van der Waals surface area contributed by atoms with E-state index in [2.05, 4.69) is 26.2 Å². The van der Waals surface area contributed by atoms with Gasteiger partial charge in [0.2, 0.25) is 0 Å². The fourth-order valence-electron chi connectivity index (χ4n) is 1.25. The SMILES string of the molecule is Cc1occc1C(=O)Nc1ccc(Br)cn1. The zero-order valence-electron chi connectivity index (χ0n) is 8.53. The molecule has 1 amide bonds. The first kappa shape index (κ1) is 10.9. The van der Waals surface area contributed by atoms with E-state index in [1.807, 2.05) is 6.07 Å². The molecule has 2 aromatic heterocycles. The number of anilines is 1. The lowest BCUT2D eigenvalue weighted by molar-refractivity contribution is 0.102. The number of nitrogens with zero attached hydrogens (tertiary/aromatic N) is 1. The van der Waals surface area contributed by atoms with Crippen molar-refractivity contribution in [2.75, 3.05) is 5.32 Å². The van der Waals surface area contributed by atoms with Crippen molar-refractivity contribution in [3.8, 4) is 0 Å². The molecule has 0 fully saturated rings. The molecule has 0 bridgehead atoms. The number of aryl methyl sites for hydroxylation is 1. The minimum Gasteiger partial charge on any atom is -0.469 e. The molecular weight excluding hydrogens is 272 g/mol. The van der Waals surface area contributed by atoms with Crippen LogP contribution >= 0.6 is 15.9 Å². The van der Waals surface area contributed by atoms with Gasteiger partial charge in [0.25, 0.3) is 5.91 Å². The Morgan fingerprint density at radius 2 is 2.25 bits per heavy atom. The second-order valence-electron chi connectivity index (χ2n) is 3.21. The molecule has 0 saturated heterocycles. The van der Waals surface area contributed by atoms with E-state index in [0.29, 0.717) is 17.1 Å². The number of furan rings is 1. The number of hydrogen-bond acceptors (Lipinski definition) is 3. The Kier molecular flexibility index (Phi) is 3.05. The summed E-state index contributed by atoms with van der Waals surface area (Å²) in [5, 5.41) is 2.68. The van der Waals surface area contributed by atoms with Crippen LogP contribution in [0.25, 0.3) is 0 Å². The Bertz CT molecular complexity index is 505. The van der Waals surface area contributed by atoms with Gasteiger partial charge in [0.05, 0.1) is 11.8 Å². The van der Waals surface area contributed by atoms with Crippen LogP contribution in [0.1, 0.15) is 16.1 Å². The summed E-state index contributed by atoms with van der Waals surface area (Å²) >= 11 is 3.27. The Labute approximate surface area is 101 Å². The fraction of sp³-hybridized carbons (Fsp3) is 0.0909. The second kappa shape index (κ2) is 4.49. The van der Waals surface area contributed by atoms with Gasteiger partial charge >= 0.3 is 0 Å². The van der Waals surface area contributed by atoms with Crippen molar-refractivity contribution in [1.82, 2.24) is 4.98 Å². The maximum atomic E-state index is 11.8. The van der Waals surface area contributed by atoms with Crippen molar-refractivity contribution in [3.63, 3.8) is 0 Å². The Morgan fingerprint density at radius 1 is 1.44 bits per heavy atom. The predicted molar refractivity (Wildman–Crippen MR) is 63.3 cm³/mol. The van der Waals surface area contributed by atoms with Crippen LogP contribution in [0.4, 0.5) is 5.82 Å². The van der Waals surface area contributed by atoms with E-state index < -0.39 is 0 Å². The zero-order valence-corrected chi connectivity index (χ0v) is 10.1. The number of halogens is 1. The van der Waals surface area contributed by atoms with Gasteiger partial charge in [-0.1, -0.05) is 0 Å².